The Labute approximate surface area is 88.6 Å². The zero-order valence-corrected chi connectivity index (χ0v) is 9.79. The number of thiol groups is 1. The lowest BCUT2D eigenvalue weighted by atomic mass is 10.1. The van der Waals surface area contributed by atoms with Crippen LogP contribution in [-0.4, -0.2) is 0 Å². The third-order valence-corrected chi connectivity index (χ3v) is 3.26. The van der Waals surface area contributed by atoms with Crippen LogP contribution in [0.15, 0.2) is 12.0 Å². The van der Waals surface area contributed by atoms with Crippen molar-refractivity contribution < 1.29 is 4.18 Å². The second-order valence-electron chi connectivity index (χ2n) is 3.23. The monoisotopic (exact) mass is 220 g/mol. The first-order valence-electron chi connectivity index (χ1n) is 4.90. The highest BCUT2D eigenvalue weighted by Gasteiger charge is 2.24. The number of unbranched alkanes of at least 4 members (excludes halogenated alkanes) is 4. The minimum Gasteiger partial charge on any atom is -0.247 e. The molecule has 1 aliphatic rings. The molecule has 0 bridgehead atoms. The van der Waals surface area contributed by atoms with Gasteiger partial charge >= 0.3 is 10.4 Å². The smallest absolute Gasteiger partial charge is 0.247 e. The molecule has 2 nitrogen and oxygen atoms in total. The summed E-state index contributed by atoms with van der Waals surface area (Å²) in [4.78, 5) is 0. The first-order valence-corrected chi connectivity index (χ1v) is 7.10. The van der Waals surface area contributed by atoms with E-state index in [1.54, 1.807) is 0 Å². The standard InChI is InChI=1S/C9H18NOS2/c1-2-3-4-5-6-7-9-8-10-13(12)11-9/h8,10,12H,2-7H2,1H3/q+1. The number of nitrogens with one attached hydrogen (secondary N) is 1. The van der Waals surface area contributed by atoms with Crippen molar-refractivity contribution in [3.63, 3.8) is 0 Å². The van der Waals surface area contributed by atoms with Crippen molar-refractivity contribution in [3.8, 4) is 0 Å². The molecule has 4 heteroatoms. The molecule has 0 radical (unpaired) electrons. The molecular weight excluding hydrogens is 202 g/mol. The number of rotatable bonds is 6. The summed E-state index contributed by atoms with van der Waals surface area (Å²) in [5, 5.41) is 0. The average Bonchev–Trinajstić information content (AvgIpc) is 2.51. The highest BCUT2D eigenvalue weighted by Crippen LogP contribution is 2.20. The Kier molecular flexibility index (Phi) is 5.55. The summed E-state index contributed by atoms with van der Waals surface area (Å²) in [6, 6.07) is 0. The maximum Gasteiger partial charge on any atom is 0.386 e. The van der Waals surface area contributed by atoms with Crippen molar-refractivity contribution in [1.29, 1.82) is 0 Å². The predicted octanol–water partition coefficient (Wildman–Crippen LogP) is 3.10. The lowest BCUT2D eigenvalue weighted by molar-refractivity contribution is 0.460. The normalized spacial score (nSPS) is 20.8. The van der Waals surface area contributed by atoms with E-state index in [1.165, 1.54) is 32.1 Å². The highest BCUT2D eigenvalue weighted by molar-refractivity contribution is 8.63. The zero-order chi connectivity index (χ0) is 9.52. The lowest BCUT2D eigenvalue weighted by Gasteiger charge is -1.98. The van der Waals surface area contributed by atoms with Crippen LogP contribution < -0.4 is 4.72 Å². The number of allylic oxidation sites excluding steroid dienone is 1. The SMILES string of the molecule is CCCCCCCC1=CN[S+](S)O1. The Morgan fingerprint density at radius 2 is 2.15 bits per heavy atom. The van der Waals surface area contributed by atoms with E-state index in [0.717, 1.165) is 12.2 Å². The molecule has 0 aromatic rings. The van der Waals surface area contributed by atoms with Crippen molar-refractivity contribution in [2.45, 2.75) is 45.4 Å². The number of hydrogen-bond acceptors (Lipinski definition) is 3. The minimum absolute atomic E-state index is 0.360. The van der Waals surface area contributed by atoms with Crippen LogP contribution in [0.5, 0.6) is 0 Å². The van der Waals surface area contributed by atoms with Gasteiger partial charge in [0.25, 0.3) is 0 Å². The van der Waals surface area contributed by atoms with Crippen LogP contribution in [0.4, 0.5) is 0 Å². The molecular formula is C9H18NOS2+. The van der Waals surface area contributed by atoms with Crippen molar-refractivity contribution >= 4 is 22.1 Å². The van der Waals surface area contributed by atoms with Gasteiger partial charge in [0.05, 0.1) is 6.20 Å². The maximum absolute atomic E-state index is 5.41. The molecule has 0 aromatic heterocycles. The van der Waals surface area contributed by atoms with Gasteiger partial charge in [-0.3, -0.25) is 0 Å². The Bertz CT molecular complexity index is 173. The van der Waals surface area contributed by atoms with Crippen molar-refractivity contribution in [3.05, 3.63) is 12.0 Å². The van der Waals surface area contributed by atoms with Crippen LogP contribution >= 0.6 is 11.7 Å². The van der Waals surface area contributed by atoms with E-state index >= 15 is 0 Å². The van der Waals surface area contributed by atoms with Gasteiger partial charge in [-0.05, 0) is 6.42 Å². The van der Waals surface area contributed by atoms with E-state index < -0.39 is 0 Å². The summed E-state index contributed by atoms with van der Waals surface area (Å²) in [7, 11) is -0.360. The lowest BCUT2D eigenvalue weighted by Crippen LogP contribution is -2.04. The summed E-state index contributed by atoms with van der Waals surface area (Å²) in [5.41, 5.74) is 0. The fourth-order valence-electron chi connectivity index (χ4n) is 1.28. The van der Waals surface area contributed by atoms with Gasteiger partial charge < -0.3 is 0 Å². The third kappa shape index (κ3) is 4.72. The molecule has 1 heterocycles. The topological polar surface area (TPSA) is 21.3 Å². The predicted molar refractivity (Wildman–Crippen MR) is 62.0 cm³/mol. The van der Waals surface area contributed by atoms with Crippen molar-refractivity contribution in [2.24, 2.45) is 0 Å². The summed E-state index contributed by atoms with van der Waals surface area (Å²) in [6.45, 7) is 2.24. The molecule has 0 aromatic carbocycles. The Balaban J connectivity index is 1.94. The largest absolute Gasteiger partial charge is 0.386 e. The summed E-state index contributed by atoms with van der Waals surface area (Å²) in [6.07, 6.45) is 9.56. The molecule has 1 rings (SSSR count). The van der Waals surface area contributed by atoms with Gasteiger partial charge in [0, 0.05) is 6.42 Å². The van der Waals surface area contributed by atoms with Crippen molar-refractivity contribution in [2.75, 3.05) is 0 Å². The average molecular weight is 220 g/mol. The van der Waals surface area contributed by atoms with Crippen LogP contribution in [0.1, 0.15) is 45.4 Å². The van der Waals surface area contributed by atoms with Crippen LogP contribution in [0.2, 0.25) is 0 Å². The van der Waals surface area contributed by atoms with Crippen LogP contribution in [0.3, 0.4) is 0 Å². The van der Waals surface area contributed by atoms with E-state index in [2.05, 4.69) is 23.3 Å². The van der Waals surface area contributed by atoms with E-state index in [0.29, 0.717) is 0 Å². The third-order valence-electron chi connectivity index (χ3n) is 2.03. The highest BCUT2D eigenvalue weighted by atomic mass is 33.1. The molecule has 1 N–H and O–H groups in total. The molecule has 0 fully saturated rings. The fourth-order valence-corrected chi connectivity index (χ4v) is 2.34. The van der Waals surface area contributed by atoms with Crippen LogP contribution in [-0.2, 0) is 14.6 Å². The molecule has 76 valence electrons. The van der Waals surface area contributed by atoms with Gasteiger partial charge in [0.2, 0.25) is 0 Å². The van der Waals surface area contributed by atoms with E-state index in [4.69, 9.17) is 4.18 Å². The van der Waals surface area contributed by atoms with Crippen LogP contribution in [0.25, 0.3) is 0 Å². The van der Waals surface area contributed by atoms with Gasteiger partial charge in [-0.15, -0.1) is 0 Å². The molecule has 0 saturated heterocycles. The van der Waals surface area contributed by atoms with E-state index in [1.807, 2.05) is 6.20 Å². The van der Waals surface area contributed by atoms with E-state index in [-0.39, 0.29) is 10.4 Å². The second-order valence-corrected chi connectivity index (χ2v) is 5.12. The molecule has 0 saturated carbocycles. The Hall–Kier alpha value is 0.0400. The second kappa shape index (κ2) is 6.49. The maximum atomic E-state index is 5.41. The van der Waals surface area contributed by atoms with E-state index in [9.17, 15) is 0 Å². The van der Waals surface area contributed by atoms with Gasteiger partial charge in [-0.25, -0.2) is 4.18 Å². The molecule has 13 heavy (non-hydrogen) atoms. The Morgan fingerprint density at radius 3 is 2.77 bits per heavy atom. The fraction of sp³-hybridized carbons (Fsp3) is 0.778. The molecule has 0 spiro atoms. The van der Waals surface area contributed by atoms with Gasteiger partial charge in [0.15, 0.2) is 17.4 Å². The molecule has 0 aliphatic carbocycles. The zero-order valence-electron chi connectivity index (χ0n) is 8.08. The van der Waals surface area contributed by atoms with Crippen molar-refractivity contribution in [1.82, 2.24) is 4.72 Å². The van der Waals surface area contributed by atoms with Gasteiger partial charge in [-0.2, -0.15) is 4.72 Å². The number of hydrogen-bond donors (Lipinski definition) is 2. The molecule has 1 atom stereocenters. The Morgan fingerprint density at radius 1 is 1.38 bits per heavy atom. The summed E-state index contributed by atoms with van der Waals surface area (Å²) < 4.78 is 8.44. The molecule has 1 aliphatic heterocycles. The van der Waals surface area contributed by atoms with Gasteiger partial charge in [-0.1, -0.05) is 32.6 Å². The summed E-state index contributed by atoms with van der Waals surface area (Å²) >= 11 is 4.17. The first kappa shape index (κ1) is 11.1. The minimum atomic E-state index is -0.360. The van der Waals surface area contributed by atoms with Crippen LogP contribution in [0, 0.1) is 0 Å². The molecule has 1 unspecified atom stereocenters. The summed E-state index contributed by atoms with van der Waals surface area (Å²) in [5.74, 6) is 1.06. The molecule has 0 amide bonds. The first-order chi connectivity index (χ1) is 6.33. The van der Waals surface area contributed by atoms with Gasteiger partial charge in [0.1, 0.15) is 0 Å². The quantitative estimate of drug-likeness (QED) is 0.311.